The van der Waals surface area contributed by atoms with Crippen LogP contribution in [0.3, 0.4) is 0 Å². The molecule has 0 aliphatic carbocycles. The second-order valence-corrected chi connectivity index (χ2v) is 3.48. The minimum absolute atomic E-state index is 0.209. The number of benzene rings is 1. The van der Waals surface area contributed by atoms with Gasteiger partial charge in [0.15, 0.2) is 0 Å². The van der Waals surface area contributed by atoms with E-state index in [0.29, 0.717) is 16.6 Å². The molecule has 1 aromatic carbocycles. The maximum absolute atomic E-state index is 13.7. The van der Waals surface area contributed by atoms with Crippen LogP contribution in [-0.4, -0.2) is 10.1 Å². The van der Waals surface area contributed by atoms with Gasteiger partial charge in [-0.15, -0.1) is 0 Å². The van der Waals surface area contributed by atoms with Crippen molar-refractivity contribution >= 4 is 16.8 Å². The van der Waals surface area contributed by atoms with Crippen LogP contribution in [0.25, 0.3) is 22.2 Å². The highest BCUT2D eigenvalue weighted by Crippen LogP contribution is 2.30. The highest BCUT2D eigenvalue weighted by atomic mass is 19.1. The Kier molecular flexibility index (Phi) is 1.73. The Labute approximate surface area is 89.9 Å². The molecular weight excluding hydrogens is 209 g/mol. The van der Waals surface area contributed by atoms with Gasteiger partial charge in [-0.3, -0.25) is 0 Å². The molecular formula is C11H8FN3O. The van der Waals surface area contributed by atoms with Crippen molar-refractivity contribution in [1.29, 1.82) is 0 Å². The Morgan fingerprint density at radius 1 is 1.38 bits per heavy atom. The van der Waals surface area contributed by atoms with E-state index in [0.717, 1.165) is 5.52 Å². The number of nitrogen functional groups attached to an aromatic ring is 1. The van der Waals surface area contributed by atoms with Crippen molar-refractivity contribution in [2.45, 2.75) is 0 Å². The third kappa shape index (κ3) is 1.18. The highest BCUT2D eigenvalue weighted by molar-refractivity contribution is 5.95. The van der Waals surface area contributed by atoms with Crippen LogP contribution in [0.15, 0.2) is 35.0 Å². The number of fused-ring (bicyclic) bond motifs is 1. The molecule has 0 aliphatic rings. The molecule has 0 saturated carbocycles. The van der Waals surface area contributed by atoms with E-state index >= 15 is 0 Å². The highest BCUT2D eigenvalue weighted by Gasteiger charge is 2.13. The van der Waals surface area contributed by atoms with Crippen LogP contribution in [-0.2, 0) is 0 Å². The molecule has 80 valence electrons. The summed E-state index contributed by atoms with van der Waals surface area (Å²) in [5.74, 6) is -0.0870. The molecule has 0 radical (unpaired) electrons. The molecule has 0 spiro atoms. The molecule has 4 nitrogen and oxygen atoms in total. The average molecular weight is 217 g/mol. The Morgan fingerprint density at radius 3 is 3.00 bits per heavy atom. The molecule has 3 rings (SSSR count). The molecule has 0 amide bonds. The van der Waals surface area contributed by atoms with E-state index in [-0.39, 0.29) is 11.7 Å². The summed E-state index contributed by atoms with van der Waals surface area (Å²) >= 11 is 0. The monoisotopic (exact) mass is 217 g/mol. The number of hydrogen-bond donors (Lipinski definition) is 2. The molecule has 0 atom stereocenters. The van der Waals surface area contributed by atoms with Gasteiger partial charge in [0.2, 0.25) is 5.88 Å². The summed E-state index contributed by atoms with van der Waals surface area (Å²) in [6.07, 6.45) is 1.69. The SMILES string of the molecule is Nc1cc(-c2c[nH]c3cccc(F)c23)no1. The number of aromatic nitrogens is 2. The normalized spacial score (nSPS) is 11.1. The number of hydrogen-bond acceptors (Lipinski definition) is 3. The summed E-state index contributed by atoms with van der Waals surface area (Å²) in [7, 11) is 0. The Morgan fingerprint density at radius 2 is 2.25 bits per heavy atom. The number of nitrogens with two attached hydrogens (primary N) is 1. The molecule has 5 heteroatoms. The molecule has 2 heterocycles. The molecule has 3 N–H and O–H groups in total. The van der Waals surface area contributed by atoms with Gasteiger partial charge in [0.25, 0.3) is 0 Å². The number of nitrogens with one attached hydrogen (secondary N) is 1. The lowest BCUT2D eigenvalue weighted by Crippen LogP contribution is -1.79. The van der Waals surface area contributed by atoms with Crippen LogP contribution >= 0.6 is 0 Å². The molecule has 0 bridgehead atoms. The first-order valence-corrected chi connectivity index (χ1v) is 4.74. The number of aromatic amines is 1. The van der Waals surface area contributed by atoms with E-state index in [1.165, 1.54) is 6.07 Å². The van der Waals surface area contributed by atoms with Crippen LogP contribution in [0, 0.1) is 5.82 Å². The zero-order chi connectivity index (χ0) is 11.1. The smallest absolute Gasteiger partial charge is 0.222 e. The Bertz CT molecular complexity index is 656. The lowest BCUT2D eigenvalue weighted by molar-refractivity contribution is 0.439. The van der Waals surface area contributed by atoms with Crippen molar-refractivity contribution < 1.29 is 8.91 Å². The lowest BCUT2D eigenvalue weighted by Gasteiger charge is -1.94. The fourth-order valence-electron chi connectivity index (χ4n) is 1.76. The van der Waals surface area contributed by atoms with E-state index in [2.05, 4.69) is 10.1 Å². The quantitative estimate of drug-likeness (QED) is 0.658. The predicted octanol–water partition coefficient (Wildman–Crippen LogP) is 2.54. The maximum Gasteiger partial charge on any atom is 0.222 e. The second-order valence-electron chi connectivity index (χ2n) is 3.48. The van der Waals surface area contributed by atoms with Crippen molar-refractivity contribution in [2.24, 2.45) is 0 Å². The van der Waals surface area contributed by atoms with Crippen molar-refractivity contribution in [1.82, 2.24) is 10.1 Å². The summed E-state index contributed by atoms with van der Waals surface area (Å²) in [6, 6.07) is 6.42. The summed E-state index contributed by atoms with van der Waals surface area (Å²) in [4.78, 5) is 2.97. The summed E-state index contributed by atoms with van der Waals surface area (Å²) < 4.78 is 18.4. The lowest BCUT2D eigenvalue weighted by atomic mass is 10.1. The number of nitrogens with zero attached hydrogens (tertiary/aromatic N) is 1. The summed E-state index contributed by atoms with van der Waals surface area (Å²) in [5, 5.41) is 4.26. The number of H-pyrrole nitrogens is 1. The average Bonchev–Trinajstić information content (AvgIpc) is 2.84. The third-order valence-corrected chi connectivity index (χ3v) is 2.46. The van der Waals surface area contributed by atoms with Gasteiger partial charge >= 0.3 is 0 Å². The largest absolute Gasteiger partial charge is 0.368 e. The molecule has 0 saturated heterocycles. The van der Waals surface area contributed by atoms with Crippen LogP contribution in [0.1, 0.15) is 0 Å². The summed E-state index contributed by atoms with van der Waals surface area (Å²) in [6.45, 7) is 0. The molecule has 2 aromatic heterocycles. The topological polar surface area (TPSA) is 67.8 Å². The van der Waals surface area contributed by atoms with Crippen LogP contribution in [0.4, 0.5) is 10.3 Å². The van der Waals surface area contributed by atoms with Crippen LogP contribution < -0.4 is 5.73 Å². The van der Waals surface area contributed by atoms with E-state index in [1.807, 2.05) is 0 Å². The Hall–Kier alpha value is -2.30. The fourth-order valence-corrected chi connectivity index (χ4v) is 1.76. The van der Waals surface area contributed by atoms with Crippen LogP contribution in [0.5, 0.6) is 0 Å². The van der Waals surface area contributed by atoms with Gasteiger partial charge in [0, 0.05) is 28.7 Å². The van der Waals surface area contributed by atoms with Gasteiger partial charge in [-0.05, 0) is 12.1 Å². The number of halogens is 1. The van der Waals surface area contributed by atoms with E-state index in [9.17, 15) is 4.39 Å². The third-order valence-electron chi connectivity index (χ3n) is 2.46. The predicted molar refractivity (Wildman–Crippen MR) is 58.2 cm³/mol. The van der Waals surface area contributed by atoms with Crippen LogP contribution in [0.2, 0.25) is 0 Å². The zero-order valence-corrected chi connectivity index (χ0v) is 8.20. The van der Waals surface area contributed by atoms with Gasteiger partial charge in [-0.1, -0.05) is 11.2 Å². The van der Waals surface area contributed by atoms with E-state index < -0.39 is 0 Å². The zero-order valence-electron chi connectivity index (χ0n) is 8.20. The molecule has 3 aromatic rings. The molecule has 0 fully saturated rings. The minimum atomic E-state index is -0.296. The van der Waals surface area contributed by atoms with Gasteiger partial charge in [-0.25, -0.2) is 4.39 Å². The molecule has 0 unspecified atom stereocenters. The first-order valence-electron chi connectivity index (χ1n) is 4.74. The van der Waals surface area contributed by atoms with E-state index in [1.54, 1.807) is 24.4 Å². The Balaban J connectivity index is 2.32. The van der Waals surface area contributed by atoms with Gasteiger partial charge in [0.1, 0.15) is 11.5 Å². The van der Waals surface area contributed by atoms with Gasteiger partial charge < -0.3 is 15.2 Å². The van der Waals surface area contributed by atoms with Gasteiger partial charge in [0.05, 0.1) is 0 Å². The molecule has 0 aliphatic heterocycles. The maximum atomic E-state index is 13.7. The van der Waals surface area contributed by atoms with Gasteiger partial charge in [-0.2, -0.15) is 0 Å². The van der Waals surface area contributed by atoms with E-state index in [4.69, 9.17) is 10.3 Å². The first-order chi connectivity index (χ1) is 7.75. The van der Waals surface area contributed by atoms with Crippen molar-refractivity contribution in [3.8, 4) is 11.3 Å². The second kappa shape index (κ2) is 3.10. The van der Waals surface area contributed by atoms with Crippen molar-refractivity contribution in [3.05, 3.63) is 36.3 Å². The fraction of sp³-hybridized carbons (Fsp3) is 0. The minimum Gasteiger partial charge on any atom is -0.368 e. The van der Waals surface area contributed by atoms with Crippen molar-refractivity contribution in [3.63, 3.8) is 0 Å². The number of anilines is 1. The first kappa shape index (κ1) is 8.96. The standard InChI is InChI=1S/C11H8FN3O/c12-7-2-1-3-8-11(7)6(5-14-8)9-4-10(13)16-15-9/h1-5,14H,13H2. The van der Waals surface area contributed by atoms with Crippen molar-refractivity contribution in [2.75, 3.05) is 5.73 Å². The number of rotatable bonds is 1. The molecule has 16 heavy (non-hydrogen) atoms. The summed E-state index contributed by atoms with van der Waals surface area (Å²) in [5.41, 5.74) is 7.32.